The van der Waals surface area contributed by atoms with Gasteiger partial charge in [-0.05, 0) is 25.7 Å². The summed E-state index contributed by atoms with van der Waals surface area (Å²) < 4.78 is 0. The highest BCUT2D eigenvalue weighted by Crippen LogP contribution is 2.38. The van der Waals surface area contributed by atoms with Crippen molar-refractivity contribution in [2.24, 2.45) is 5.92 Å². The van der Waals surface area contributed by atoms with E-state index in [4.69, 9.17) is 0 Å². The molecule has 8 heteroatoms. The summed E-state index contributed by atoms with van der Waals surface area (Å²) in [6, 6.07) is -0.334. The molecule has 2 heterocycles. The third-order valence-corrected chi connectivity index (χ3v) is 5.62. The second-order valence-electron chi connectivity index (χ2n) is 7.08. The maximum absolute atomic E-state index is 12.9. The number of urea groups is 1. The summed E-state index contributed by atoms with van der Waals surface area (Å²) in [5.74, 6) is -0.250. The molecule has 0 aromatic carbocycles. The van der Waals surface area contributed by atoms with Crippen molar-refractivity contribution in [1.82, 2.24) is 20.4 Å². The van der Waals surface area contributed by atoms with Crippen LogP contribution in [0.15, 0.2) is 0 Å². The first-order valence-electron chi connectivity index (χ1n) is 8.60. The van der Waals surface area contributed by atoms with Crippen LogP contribution in [0.2, 0.25) is 0 Å². The van der Waals surface area contributed by atoms with Crippen LogP contribution in [0.5, 0.6) is 0 Å². The van der Waals surface area contributed by atoms with Crippen molar-refractivity contribution in [2.45, 2.75) is 51.1 Å². The Hall–Kier alpha value is -1.34. The fraction of sp³-hybridized carbons (Fsp3) is 0.812. The Morgan fingerprint density at radius 1 is 1.29 bits per heavy atom. The summed E-state index contributed by atoms with van der Waals surface area (Å²) in [4.78, 5) is 40.6. The minimum Gasteiger partial charge on any atom is -0.336 e. The van der Waals surface area contributed by atoms with Crippen molar-refractivity contribution in [3.63, 3.8) is 0 Å². The molecule has 1 aliphatic carbocycles. The Morgan fingerprint density at radius 2 is 2.04 bits per heavy atom. The molecule has 24 heavy (non-hydrogen) atoms. The zero-order valence-corrected chi connectivity index (χ0v) is 15.2. The number of rotatable bonds is 2. The van der Waals surface area contributed by atoms with Gasteiger partial charge in [0.25, 0.3) is 5.91 Å². The van der Waals surface area contributed by atoms with Crippen molar-refractivity contribution in [3.8, 4) is 0 Å². The summed E-state index contributed by atoms with van der Waals surface area (Å²) >= 11 is 0. The molecule has 0 aromatic rings. The second-order valence-corrected chi connectivity index (χ2v) is 7.08. The van der Waals surface area contributed by atoms with E-state index in [0.29, 0.717) is 13.0 Å². The van der Waals surface area contributed by atoms with E-state index in [2.05, 4.69) is 10.6 Å². The van der Waals surface area contributed by atoms with Gasteiger partial charge in [0, 0.05) is 25.7 Å². The van der Waals surface area contributed by atoms with Gasteiger partial charge in [0.15, 0.2) is 0 Å². The minimum absolute atomic E-state index is 0. The van der Waals surface area contributed by atoms with E-state index in [1.54, 1.807) is 4.90 Å². The summed E-state index contributed by atoms with van der Waals surface area (Å²) in [7, 11) is 0. The Balaban J connectivity index is 0.00000208. The number of carbonyl (C=O) groups excluding carboxylic acids is 3. The molecule has 1 spiro atoms. The molecule has 2 aliphatic heterocycles. The third-order valence-electron chi connectivity index (χ3n) is 5.62. The molecule has 3 fully saturated rings. The molecule has 1 saturated carbocycles. The lowest BCUT2D eigenvalue weighted by Gasteiger charge is -2.37. The van der Waals surface area contributed by atoms with Gasteiger partial charge in [-0.1, -0.05) is 19.8 Å². The molecule has 3 aliphatic rings. The van der Waals surface area contributed by atoms with Gasteiger partial charge in [0.1, 0.15) is 12.1 Å². The number of hydrogen-bond acceptors (Lipinski definition) is 4. The van der Waals surface area contributed by atoms with Gasteiger partial charge in [-0.15, -0.1) is 12.4 Å². The lowest BCUT2D eigenvalue weighted by atomic mass is 9.73. The third kappa shape index (κ3) is 3.11. The molecule has 7 nitrogen and oxygen atoms in total. The van der Waals surface area contributed by atoms with Crippen molar-refractivity contribution in [1.29, 1.82) is 0 Å². The number of nitrogens with zero attached hydrogens (tertiary/aromatic N) is 2. The molecular weight excluding hydrogens is 332 g/mol. The van der Waals surface area contributed by atoms with Crippen LogP contribution in [0.3, 0.4) is 0 Å². The number of amides is 4. The highest BCUT2D eigenvalue weighted by Gasteiger charge is 2.55. The fourth-order valence-electron chi connectivity index (χ4n) is 4.08. The number of imide groups is 1. The largest absolute Gasteiger partial charge is 0.336 e. The second kappa shape index (κ2) is 7.27. The van der Waals surface area contributed by atoms with E-state index >= 15 is 0 Å². The highest BCUT2D eigenvalue weighted by atomic mass is 35.5. The van der Waals surface area contributed by atoms with Crippen LogP contribution in [0.25, 0.3) is 0 Å². The maximum atomic E-state index is 12.9. The zero-order chi connectivity index (χ0) is 16.6. The predicted molar refractivity (Wildman–Crippen MR) is 91.9 cm³/mol. The molecule has 136 valence electrons. The number of carbonyl (C=O) groups is 3. The van der Waals surface area contributed by atoms with E-state index in [0.717, 1.165) is 37.3 Å². The van der Waals surface area contributed by atoms with Crippen molar-refractivity contribution < 1.29 is 14.4 Å². The fourth-order valence-corrected chi connectivity index (χ4v) is 4.08. The van der Waals surface area contributed by atoms with Gasteiger partial charge < -0.3 is 15.5 Å². The van der Waals surface area contributed by atoms with Crippen LogP contribution in [0, 0.1) is 5.92 Å². The van der Waals surface area contributed by atoms with Crippen LogP contribution in [-0.2, 0) is 9.59 Å². The Bertz CT molecular complexity index is 529. The molecule has 3 rings (SSSR count). The summed E-state index contributed by atoms with van der Waals surface area (Å²) in [5.41, 5.74) is -0.787. The first-order chi connectivity index (χ1) is 11.0. The molecule has 3 atom stereocenters. The molecule has 4 amide bonds. The van der Waals surface area contributed by atoms with E-state index in [1.807, 2.05) is 13.8 Å². The van der Waals surface area contributed by atoms with Gasteiger partial charge in [0.05, 0.1) is 0 Å². The van der Waals surface area contributed by atoms with E-state index in [1.165, 1.54) is 0 Å². The first kappa shape index (κ1) is 19.0. The molecule has 2 N–H and O–H groups in total. The maximum Gasteiger partial charge on any atom is 0.325 e. The molecule has 2 unspecified atom stereocenters. The summed E-state index contributed by atoms with van der Waals surface area (Å²) in [6.45, 7) is 5.94. The summed E-state index contributed by atoms with van der Waals surface area (Å²) in [5, 5.41) is 6.12. The highest BCUT2D eigenvalue weighted by molar-refractivity contribution is 6.09. The minimum atomic E-state index is -0.787. The lowest BCUT2D eigenvalue weighted by molar-refractivity contribution is -0.142. The standard InChI is InChI=1S/C16H26N4O3.ClH/c1-11-5-3-4-6-16(11)14(22)20(15(23)18-16)10-13(21)19-8-7-17-9-12(19)2;/h11-12,17H,3-10H2,1-2H3,(H,18,23);1H/t11?,12-,16?;/m1./s1. The lowest BCUT2D eigenvalue weighted by Crippen LogP contribution is -2.56. The van der Waals surface area contributed by atoms with E-state index in [-0.39, 0.29) is 42.7 Å². The number of nitrogens with one attached hydrogen (secondary N) is 2. The van der Waals surface area contributed by atoms with Crippen molar-refractivity contribution in [2.75, 3.05) is 26.2 Å². The molecule has 0 aromatic heterocycles. The van der Waals surface area contributed by atoms with Crippen LogP contribution in [-0.4, -0.2) is 65.4 Å². The number of piperazine rings is 1. The summed E-state index contributed by atoms with van der Waals surface area (Å²) in [6.07, 6.45) is 3.63. The van der Waals surface area contributed by atoms with E-state index in [9.17, 15) is 14.4 Å². The Morgan fingerprint density at radius 3 is 2.71 bits per heavy atom. The Kier molecular flexibility index (Phi) is 5.75. The zero-order valence-electron chi connectivity index (χ0n) is 14.3. The predicted octanol–water partition coefficient (Wildman–Crippen LogP) is 0.729. The molecule has 2 saturated heterocycles. The topological polar surface area (TPSA) is 81.8 Å². The van der Waals surface area contributed by atoms with Crippen LogP contribution in [0.4, 0.5) is 4.79 Å². The van der Waals surface area contributed by atoms with Gasteiger partial charge in [-0.25, -0.2) is 4.79 Å². The van der Waals surface area contributed by atoms with Crippen molar-refractivity contribution >= 4 is 30.3 Å². The average Bonchev–Trinajstić information content (AvgIpc) is 2.76. The average molecular weight is 359 g/mol. The monoisotopic (exact) mass is 358 g/mol. The molecule has 0 radical (unpaired) electrons. The van der Waals surface area contributed by atoms with Crippen LogP contribution >= 0.6 is 12.4 Å². The van der Waals surface area contributed by atoms with Gasteiger partial charge in [-0.3, -0.25) is 14.5 Å². The van der Waals surface area contributed by atoms with E-state index < -0.39 is 11.6 Å². The number of hydrogen-bond donors (Lipinski definition) is 2. The van der Waals surface area contributed by atoms with Crippen LogP contribution in [0.1, 0.15) is 39.5 Å². The van der Waals surface area contributed by atoms with Crippen LogP contribution < -0.4 is 10.6 Å². The SMILES string of the molecule is CC1CCCCC12NC(=O)N(CC(=O)N1CCNC[C@H]1C)C2=O.Cl. The van der Waals surface area contributed by atoms with Gasteiger partial charge >= 0.3 is 6.03 Å². The van der Waals surface area contributed by atoms with Gasteiger partial charge in [0.2, 0.25) is 5.91 Å². The first-order valence-corrected chi connectivity index (χ1v) is 8.60. The van der Waals surface area contributed by atoms with Gasteiger partial charge in [-0.2, -0.15) is 0 Å². The smallest absolute Gasteiger partial charge is 0.325 e. The quantitative estimate of drug-likeness (QED) is 0.713. The normalized spacial score (nSPS) is 33.4. The molecule has 0 bridgehead atoms. The Labute approximate surface area is 148 Å². The molecular formula is C16H27ClN4O3. The van der Waals surface area contributed by atoms with Crippen molar-refractivity contribution in [3.05, 3.63) is 0 Å². The number of halogens is 1.